The van der Waals surface area contributed by atoms with Crippen molar-refractivity contribution in [2.45, 2.75) is 58.5 Å². The van der Waals surface area contributed by atoms with Crippen LogP contribution in [-0.2, 0) is 10.1 Å². The molecule has 6 heteroatoms. The van der Waals surface area contributed by atoms with Crippen LogP contribution < -0.4 is 0 Å². The molecule has 18 heavy (non-hydrogen) atoms. The van der Waals surface area contributed by atoms with E-state index in [-0.39, 0.29) is 5.92 Å². The molecule has 0 spiro atoms. The molecule has 1 aliphatic rings. The summed E-state index contributed by atoms with van der Waals surface area (Å²) < 4.78 is 31.8. The first kappa shape index (κ1) is 15.9. The maximum absolute atomic E-state index is 11.3. The van der Waals surface area contributed by atoms with Crippen molar-refractivity contribution in [3.8, 4) is 0 Å². The van der Waals surface area contributed by atoms with Crippen molar-refractivity contribution in [3.63, 3.8) is 0 Å². The third kappa shape index (κ3) is 2.43. The minimum Gasteiger partial charge on any atom is -0.392 e. The molecule has 0 amide bonds. The van der Waals surface area contributed by atoms with Crippen LogP contribution >= 0.6 is 0 Å². The van der Waals surface area contributed by atoms with Gasteiger partial charge in [0, 0.05) is 5.41 Å². The lowest BCUT2D eigenvalue weighted by Crippen LogP contribution is -2.45. The van der Waals surface area contributed by atoms with Crippen molar-refractivity contribution in [1.82, 2.24) is 0 Å². The van der Waals surface area contributed by atoms with E-state index in [1.54, 1.807) is 27.7 Å². The second kappa shape index (κ2) is 4.44. The zero-order valence-corrected chi connectivity index (χ0v) is 12.4. The van der Waals surface area contributed by atoms with Gasteiger partial charge >= 0.3 is 0 Å². The maximum Gasteiger partial charge on any atom is 0.268 e. The maximum atomic E-state index is 11.3. The Hall–Kier alpha value is -0.170. The number of aliphatic hydroxyl groups excluding tert-OH is 2. The first-order valence-corrected chi connectivity index (χ1v) is 7.65. The van der Waals surface area contributed by atoms with Gasteiger partial charge in [-0.2, -0.15) is 8.42 Å². The molecule has 1 aliphatic carbocycles. The van der Waals surface area contributed by atoms with Gasteiger partial charge in [-0.15, -0.1) is 0 Å². The van der Waals surface area contributed by atoms with Crippen molar-refractivity contribution in [2.75, 3.05) is 0 Å². The fraction of sp³-hybridized carbons (Fsp3) is 1.00. The lowest BCUT2D eigenvalue weighted by atomic mass is 9.72. The summed E-state index contributed by atoms with van der Waals surface area (Å²) in [4.78, 5) is 0. The molecule has 0 heterocycles. The quantitative estimate of drug-likeness (QED) is 0.672. The van der Waals surface area contributed by atoms with E-state index < -0.39 is 38.4 Å². The molecule has 0 unspecified atom stereocenters. The van der Waals surface area contributed by atoms with Crippen LogP contribution in [0.5, 0.6) is 0 Å². The Bertz CT molecular complexity index is 412. The molecule has 1 saturated carbocycles. The minimum atomic E-state index is -4.17. The molecule has 0 radical (unpaired) electrons. The van der Waals surface area contributed by atoms with Gasteiger partial charge in [-0.3, -0.25) is 4.55 Å². The Labute approximate surface area is 109 Å². The molecule has 0 bridgehead atoms. The molecule has 5 nitrogen and oxygen atoms in total. The highest BCUT2D eigenvalue weighted by molar-refractivity contribution is 7.86. The fourth-order valence-electron chi connectivity index (χ4n) is 2.78. The SMILES string of the molecule is C[C@H](C(C)(C)[C@H]1C[C@@H](O)C(C)(C)[C@@H]1O)S(=O)(=O)O. The van der Waals surface area contributed by atoms with E-state index in [1.165, 1.54) is 6.92 Å². The van der Waals surface area contributed by atoms with Crippen LogP contribution in [-0.4, -0.2) is 40.6 Å². The van der Waals surface area contributed by atoms with E-state index in [0.29, 0.717) is 6.42 Å². The Morgan fingerprint density at radius 3 is 2.00 bits per heavy atom. The van der Waals surface area contributed by atoms with Gasteiger partial charge in [-0.05, 0) is 24.7 Å². The Kier molecular flexibility index (Phi) is 3.92. The summed E-state index contributed by atoms with van der Waals surface area (Å²) in [6.07, 6.45) is -1.14. The van der Waals surface area contributed by atoms with Crippen LogP contribution in [0.15, 0.2) is 0 Å². The molecule has 1 rings (SSSR count). The minimum absolute atomic E-state index is 0.334. The molecular formula is C12H24O5S. The van der Waals surface area contributed by atoms with Crippen molar-refractivity contribution in [1.29, 1.82) is 0 Å². The molecular weight excluding hydrogens is 256 g/mol. The lowest BCUT2D eigenvalue weighted by molar-refractivity contribution is -0.0246. The second-order valence-electron chi connectivity index (χ2n) is 6.60. The van der Waals surface area contributed by atoms with E-state index in [9.17, 15) is 23.2 Å². The van der Waals surface area contributed by atoms with Gasteiger partial charge in [0.05, 0.1) is 17.5 Å². The lowest BCUT2D eigenvalue weighted by Gasteiger charge is -2.39. The molecule has 1 fully saturated rings. The third-order valence-corrected chi connectivity index (χ3v) is 6.43. The van der Waals surface area contributed by atoms with E-state index in [4.69, 9.17) is 0 Å². The van der Waals surface area contributed by atoms with Gasteiger partial charge in [0.2, 0.25) is 0 Å². The predicted octanol–water partition coefficient (Wildman–Crippen LogP) is 1.06. The summed E-state index contributed by atoms with van der Waals surface area (Å²) >= 11 is 0. The van der Waals surface area contributed by atoms with Gasteiger partial charge in [0.1, 0.15) is 0 Å². The average molecular weight is 280 g/mol. The predicted molar refractivity (Wildman–Crippen MR) is 68.7 cm³/mol. The molecule has 0 aromatic carbocycles. The number of aliphatic hydroxyl groups is 2. The van der Waals surface area contributed by atoms with Gasteiger partial charge in [0.15, 0.2) is 0 Å². The Morgan fingerprint density at radius 1 is 1.28 bits per heavy atom. The third-order valence-electron chi connectivity index (χ3n) is 4.93. The summed E-state index contributed by atoms with van der Waals surface area (Å²) in [6.45, 7) is 8.35. The Morgan fingerprint density at radius 2 is 1.72 bits per heavy atom. The molecule has 0 aliphatic heterocycles. The second-order valence-corrected chi connectivity index (χ2v) is 8.34. The van der Waals surface area contributed by atoms with Crippen LogP contribution in [0, 0.1) is 16.7 Å². The molecule has 0 aromatic rings. The summed E-state index contributed by atoms with van der Waals surface area (Å²) in [7, 11) is -4.17. The van der Waals surface area contributed by atoms with Crippen LogP contribution in [0.2, 0.25) is 0 Å². The van der Waals surface area contributed by atoms with E-state index in [1.807, 2.05) is 0 Å². The number of hydrogen-bond acceptors (Lipinski definition) is 4. The Balaban J connectivity index is 3.09. The highest BCUT2D eigenvalue weighted by Gasteiger charge is 2.55. The monoisotopic (exact) mass is 280 g/mol. The summed E-state index contributed by atoms with van der Waals surface area (Å²) in [5.74, 6) is -0.376. The van der Waals surface area contributed by atoms with Crippen molar-refractivity contribution in [3.05, 3.63) is 0 Å². The fourth-order valence-corrected chi connectivity index (χ4v) is 3.73. The van der Waals surface area contributed by atoms with Gasteiger partial charge in [-0.1, -0.05) is 27.7 Å². The van der Waals surface area contributed by atoms with Crippen LogP contribution in [0.25, 0.3) is 0 Å². The molecule has 0 saturated heterocycles. The highest BCUT2D eigenvalue weighted by atomic mass is 32.2. The normalized spacial score (nSPS) is 34.6. The van der Waals surface area contributed by atoms with Crippen molar-refractivity contribution in [2.24, 2.45) is 16.7 Å². The van der Waals surface area contributed by atoms with E-state index >= 15 is 0 Å². The first-order chi connectivity index (χ1) is 7.83. The number of hydrogen-bond donors (Lipinski definition) is 3. The van der Waals surface area contributed by atoms with Gasteiger partial charge in [-0.25, -0.2) is 0 Å². The standard InChI is InChI=1S/C12H24O5S/c1-7(18(15,16)17)11(2,3)8-6-9(13)12(4,5)10(8)14/h7-10,13-14H,6H2,1-5H3,(H,15,16,17)/t7-,8+,9-,10-/m1/s1. The summed E-state index contributed by atoms with van der Waals surface area (Å²) in [5, 5.41) is 19.3. The van der Waals surface area contributed by atoms with Crippen LogP contribution in [0.1, 0.15) is 41.0 Å². The largest absolute Gasteiger partial charge is 0.392 e. The smallest absolute Gasteiger partial charge is 0.268 e. The van der Waals surface area contributed by atoms with Crippen molar-refractivity contribution >= 4 is 10.1 Å². The summed E-state index contributed by atoms with van der Waals surface area (Å²) in [6, 6.07) is 0. The number of rotatable bonds is 3. The summed E-state index contributed by atoms with van der Waals surface area (Å²) in [5.41, 5.74) is -1.48. The topological polar surface area (TPSA) is 94.8 Å². The van der Waals surface area contributed by atoms with E-state index in [0.717, 1.165) is 0 Å². The first-order valence-electron chi connectivity index (χ1n) is 6.15. The van der Waals surface area contributed by atoms with Gasteiger partial charge < -0.3 is 10.2 Å². The van der Waals surface area contributed by atoms with Crippen LogP contribution in [0.4, 0.5) is 0 Å². The molecule has 108 valence electrons. The molecule has 4 atom stereocenters. The zero-order chi connectivity index (χ0) is 14.5. The zero-order valence-electron chi connectivity index (χ0n) is 11.6. The van der Waals surface area contributed by atoms with Crippen LogP contribution in [0.3, 0.4) is 0 Å². The highest BCUT2D eigenvalue weighted by Crippen LogP contribution is 2.50. The molecule has 0 aromatic heterocycles. The van der Waals surface area contributed by atoms with Crippen molar-refractivity contribution < 1.29 is 23.2 Å². The van der Waals surface area contributed by atoms with Gasteiger partial charge in [0.25, 0.3) is 10.1 Å². The van der Waals surface area contributed by atoms with E-state index in [2.05, 4.69) is 0 Å². The average Bonchev–Trinajstić information content (AvgIpc) is 2.40. The molecule has 3 N–H and O–H groups in total.